The number of aryl methyl sites for hydroxylation is 1. The number of methoxy groups -OCH3 is 1. The molecule has 5 nitrogen and oxygen atoms in total. The van der Waals surface area contributed by atoms with Crippen molar-refractivity contribution in [2.75, 3.05) is 25.2 Å². The number of fused-ring (bicyclic) bond motifs is 1. The Bertz CT molecular complexity index is 1070. The normalized spacial score (nSPS) is 16.2. The van der Waals surface area contributed by atoms with Gasteiger partial charge in [0.2, 0.25) is 0 Å². The minimum atomic E-state index is -0.0441. The Morgan fingerprint density at radius 2 is 2.19 bits per heavy atom. The fraction of sp³-hybridized carbons (Fsp3) is 0.417. The third kappa shape index (κ3) is 4.89. The number of benzene rings is 2. The number of nitrogens with zero attached hydrogens (tertiary/aromatic N) is 2. The van der Waals surface area contributed by atoms with Gasteiger partial charge in [-0.25, -0.2) is 4.98 Å². The molecule has 31 heavy (non-hydrogen) atoms. The van der Waals surface area contributed by atoms with Gasteiger partial charge in [0.05, 0.1) is 24.5 Å². The molecular formula is C24H28N2O3S2. The van der Waals surface area contributed by atoms with E-state index in [0.29, 0.717) is 22.5 Å². The summed E-state index contributed by atoms with van der Waals surface area (Å²) in [5, 5.41) is 1.14. The number of carbonyl (C=O) groups is 1. The Balaban J connectivity index is 1.73. The largest absolute Gasteiger partial charge is 0.494 e. The van der Waals surface area contributed by atoms with Crippen molar-refractivity contribution in [1.29, 1.82) is 0 Å². The van der Waals surface area contributed by atoms with Crippen molar-refractivity contribution in [1.82, 2.24) is 4.98 Å². The zero-order valence-electron chi connectivity index (χ0n) is 18.4. The summed E-state index contributed by atoms with van der Waals surface area (Å²) < 4.78 is 12.4. The van der Waals surface area contributed by atoms with Crippen molar-refractivity contribution >= 4 is 44.4 Å². The van der Waals surface area contributed by atoms with Gasteiger partial charge in [-0.15, -0.1) is 11.8 Å². The van der Waals surface area contributed by atoms with Gasteiger partial charge in [-0.05, 0) is 49.6 Å². The third-order valence-electron chi connectivity index (χ3n) is 5.25. The van der Waals surface area contributed by atoms with Crippen LogP contribution in [0.4, 0.5) is 5.13 Å². The van der Waals surface area contributed by atoms with Crippen molar-refractivity contribution in [3.8, 4) is 5.75 Å². The summed E-state index contributed by atoms with van der Waals surface area (Å²) in [5.74, 6) is 0.681. The van der Waals surface area contributed by atoms with Crippen molar-refractivity contribution in [3.63, 3.8) is 0 Å². The van der Waals surface area contributed by atoms with Gasteiger partial charge in [-0.3, -0.25) is 9.69 Å². The Kier molecular flexibility index (Phi) is 6.84. The molecule has 0 saturated carbocycles. The van der Waals surface area contributed by atoms with Crippen LogP contribution in [0.1, 0.15) is 42.6 Å². The molecule has 2 heterocycles. The molecule has 7 heteroatoms. The standard InChI is InChI=1S/C24H28N2O3S2/c1-15(2)30-19-9-5-7-17(13-19)23(27)26(14-18-8-6-12-29-18)24-25-21-20(28-4)11-10-16(3)22(21)31-24/h5,7,9-11,13,15,18H,6,8,12,14H2,1-4H3. The van der Waals surface area contributed by atoms with Crippen LogP contribution in [0.5, 0.6) is 5.75 Å². The molecule has 0 N–H and O–H groups in total. The maximum atomic E-state index is 13.7. The highest BCUT2D eigenvalue weighted by atomic mass is 32.2. The number of thioether (sulfide) groups is 1. The van der Waals surface area contributed by atoms with E-state index in [1.54, 1.807) is 23.8 Å². The van der Waals surface area contributed by atoms with Gasteiger partial charge in [-0.1, -0.05) is 37.3 Å². The summed E-state index contributed by atoms with van der Waals surface area (Å²) in [5.41, 5.74) is 2.60. The van der Waals surface area contributed by atoms with Crippen molar-refractivity contribution < 1.29 is 14.3 Å². The van der Waals surface area contributed by atoms with Crippen molar-refractivity contribution in [2.24, 2.45) is 0 Å². The van der Waals surface area contributed by atoms with E-state index in [1.165, 1.54) is 11.3 Å². The van der Waals surface area contributed by atoms with Gasteiger partial charge in [0.1, 0.15) is 11.3 Å². The van der Waals surface area contributed by atoms with E-state index >= 15 is 0 Å². The monoisotopic (exact) mass is 456 g/mol. The SMILES string of the molecule is COc1ccc(C)c2sc(N(CC3CCCO3)C(=O)c3cccc(SC(C)C)c3)nc12. The highest BCUT2D eigenvalue weighted by molar-refractivity contribution is 7.99. The number of ether oxygens (including phenoxy) is 2. The topological polar surface area (TPSA) is 51.7 Å². The average molecular weight is 457 g/mol. The van der Waals surface area contributed by atoms with Gasteiger partial charge in [0.15, 0.2) is 5.13 Å². The molecular weight excluding hydrogens is 428 g/mol. The lowest BCUT2D eigenvalue weighted by Crippen LogP contribution is -2.37. The number of hydrogen-bond donors (Lipinski definition) is 0. The fourth-order valence-corrected chi connectivity index (χ4v) is 5.70. The maximum Gasteiger partial charge on any atom is 0.260 e. The highest BCUT2D eigenvalue weighted by Crippen LogP contribution is 2.37. The average Bonchev–Trinajstić information content (AvgIpc) is 3.42. The van der Waals surface area contributed by atoms with Crippen LogP contribution >= 0.6 is 23.1 Å². The van der Waals surface area contributed by atoms with Gasteiger partial charge in [-0.2, -0.15) is 0 Å². The number of carbonyl (C=O) groups excluding carboxylic acids is 1. The fourth-order valence-electron chi connectivity index (χ4n) is 3.75. The number of anilines is 1. The second-order valence-corrected chi connectivity index (χ2v) is 10.6. The molecule has 1 aliphatic heterocycles. The molecule has 1 aliphatic rings. The molecule has 0 bridgehead atoms. The summed E-state index contributed by atoms with van der Waals surface area (Å²) in [7, 11) is 1.65. The Labute approximate surface area is 191 Å². The van der Waals surface area contributed by atoms with Crippen LogP contribution < -0.4 is 9.64 Å². The van der Waals surface area contributed by atoms with Crippen LogP contribution in [-0.2, 0) is 4.74 Å². The number of hydrogen-bond acceptors (Lipinski definition) is 6. The number of aromatic nitrogens is 1. The quantitative estimate of drug-likeness (QED) is 0.412. The molecule has 164 valence electrons. The molecule has 2 aromatic carbocycles. The number of thiazole rings is 1. The first-order valence-corrected chi connectivity index (χ1v) is 12.3. The van der Waals surface area contributed by atoms with Crippen LogP contribution in [0.25, 0.3) is 10.2 Å². The van der Waals surface area contributed by atoms with Crippen molar-refractivity contribution in [3.05, 3.63) is 47.5 Å². The van der Waals surface area contributed by atoms with Gasteiger partial charge in [0.25, 0.3) is 5.91 Å². The summed E-state index contributed by atoms with van der Waals surface area (Å²) in [4.78, 5) is 21.4. The number of amides is 1. The minimum absolute atomic E-state index is 0.0344. The summed E-state index contributed by atoms with van der Waals surface area (Å²) in [6.45, 7) is 7.61. The zero-order valence-corrected chi connectivity index (χ0v) is 20.0. The van der Waals surface area contributed by atoms with E-state index in [0.717, 1.165) is 45.9 Å². The van der Waals surface area contributed by atoms with E-state index in [2.05, 4.69) is 26.8 Å². The van der Waals surface area contributed by atoms with Crippen LogP contribution in [0.15, 0.2) is 41.3 Å². The lowest BCUT2D eigenvalue weighted by Gasteiger charge is -2.23. The first-order chi connectivity index (χ1) is 15.0. The molecule has 1 atom stereocenters. The molecule has 1 unspecified atom stereocenters. The zero-order chi connectivity index (χ0) is 22.0. The second-order valence-electron chi connectivity index (χ2n) is 8.00. The first-order valence-electron chi connectivity index (χ1n) is 10.6. The van der Waals surface area contributed by atoms with E-state index in [9.17, 15) is 4.79 Å². The van der Waals surface area contributed by atoms with Gasteiger partial charge < -0.3 is 9.47 Å². The van der Waals surface area contributed by atoms with Crippen LogP contribution in [0.2, 0.25) is 0 Å². The lowest BCUT2D eigenvalue weighted by molar-refractivity contribution is 0.0917. The smallest absolute Gasteiger partial charge is 0.260 e. The predicted octanol–water partition coefficient (Wildman–Crippen LogP) is 5.94. The minimum Gasteiger partial charge on any atom is -0.494 e. The molecule has 0 radical (unpaired) electrons. The molecule has 0 aliphatic carbocycles. The molecule has 1 aromatic heterocycles. The molecule has 1 fully saturated rings. The van der Waals surface area contributed by atoms with E-state index in [4.69, 9.17) is 14.5 Å². The third-order valence-corrected chi connectivity index (χ3v) is 7.46. The summed E-state index contributed by atoms with van der Waals surface area (Å²) >= 11 is 3.29. The first kappa shape index (κ1) is 22.1. The van der Waals surface area contributed by atoms with E-state index in [-0.39, 0.29) is 12.0 Å². The lowest BCUT2D eigenvalue weighted by atomic mass is 10.2. The second kappa shape index (κ2) is 9.59. The Morgan fingerprint density at radius 1 is 1.35 bits per heavy atom. The van der Waals surface area contributed by atoms with Crippen molar-refractivity contribution in [2.45, 2.75) is 49.9 Å². The summed E-state index contributed by atoms with van der Waals surface area (Å²) in [6, 6.07) is 11.8. The van der Waals surface area contributed by atoms with Crippen LogP contribution in [-0.4, -0.2) is 42.5 Å². The number of rotatable bonds is 7. The predicted molar refractivity (Wildman–Crippen MR) is 129 cm³/mol. The maximum absolute atomic E-state index is 13.7. The molecule has 0 spiro atoms. The molecule has 4 rings (SSSR count). The van der Waals surface area contributed by atoms with Crippen LogP contribution in [0, 0.1) is 6.92 Å². The molecule has 3 aromatic rings. The van der Waals surface area contributed by atoms with Gasteiger partial charge in [0, 0.05) is 22.3 Å². The highest BCUT2D eigenvalue weighted by Gasteiger charge is 2.28. The Hall–Kier alpha value is -2.09. The van der Waals surface area contributed by atoms with Crippen LogP contribution in [0.3, 0.4) is 0 Å². The summed E-state index contributed by atoms with van der Waals surface area (Å²) in [6.07, 6.45) is 2.02. The van der Waals surface area contributed by atoms with Gasteiger partial charge >= 0.3 is 0 Å². The van der Waals surface area contributed by atoms with E-state index in [1.807, 2.05) is 30.3 Å². The van der Waals surface area contributed by atoms with E-state index < -0.39 is 0 Å². The molecule has 1 amide bonds. The Morgan fingerprint density at radius 3 is 2.90 bits per heavy atom. The molecule has 1 saturated heterocycles.